The Labute approximate surface area is 151 Å². The lowest BCUT2D eigenvalue weighted by atomic mass is 10.0. The summed E-state index contributed by atoms with van der Waals surface area (Å²) in [6, 6.07) is 8.26. The van der Waals surface area contributed by atoms with Crippen LogP contribution < -0.4 is 5.69 Å². The first kappa shape index (κ1) is 18.6. The molecular weight excluding hydrogens is 361 g/mol. The van der Waals surface area contributed by atoms with Crippen LogP contribution in [-0.2, 0) is 6.18 Å². The normalized spacial score (nSPS) is 11.9. The molecule has 27 heavy (non-hydrogen) atoms. The molecule has 0 saturated carbocycles. The van der Waals surface area contributed by atoms with E-state index in [0.717, 1.165) is 12.1 Å². The second-order valence-corrected chi connectivity index (χ2v) is 6.32. The van der Waals surface area contributed by atoms with E-state index in [1.807, 2.05) is 0 Å². The number of hydrogen-bond acceptors (Lipinski definition) is 3. The number of hydrogen-bond donors (Lipinski definition) is 1. The number of nitrogens with zero attached hydrogens (tertiary/aromatic N) is 2. The Morgan fingerprint density at radius 3 is 2.26 bits per heavy atom. The van der Waals surface area contributed by atoms with Gasteiger partial charge in [-0.05, 0) is 44.2 Å². The minimum absolute atomic E-state index is 0.00795. The Balaban J connectivity index is 2.32. The molecule has 0 saturated heterocycles. The first-order valence-electron chi connectivity index (χ1n) is 8.07. The molecule has 1 N–H and O–H groups in total. The fourth-order valence-electron chi connectivity index (χ4n) is 2.92. The van der Waals surface area contributed by atoms with E-state index in [1.165, 1.54) is 34.9 Å². The van der Waals surface area contributed by atoms with E-state index in [1.54, 1.807) is 13.8 Å². The van der Waals surface area contributed by atoms with E-state index in [4.69, 9.17) is 0 Å². The van der Waals surface area contributed by atoms with Gasteiger partial charge in [0.1, 0.15) is 0 Å². The summed E-state index contributed by atoms with van der Waals surface area (Å²) in [5, 5.41) is 9.63. The van der Waals surface area contributed by atoms with Crippen molar-refractivity contribution in [2.24, 2.45) is 0 Å². The van der Waals surface area contributed by atoms with Crippen molar-refractivity contribution in [2.45, 2.75) is 26.1 Å². The van der Waals surface area contributed by atoms with E-state index in [0.29, 0.717) is 16.5 Å². The molecule has 0 fully saturated rings. The van der Waals surface area contributed by atoms with E-state index < -0.39 is 23.4 Å². The first-order chi connectivity index (χ1) is 12.6. The molecule has 3 rings (SSSR count). The van der Waals surface area contributed by atoms with Gasteiger partial charge in [-0.2, -0.15) is 18.2 Å². The molecule has 0 spiro atoms. The third kappa shape index (κ3) is 3.42. The maximum Gasteiger partial charge on any atom is 0.416 e. The zero-order valence-corrected chi connectivity index (χ0v) is 14.4. The number of rotatable bonds is 3. The fourth-order valence-corrected chi connectivity index (χ4v) is 2.92. The van der Waals surface area contributed by atoms with Gasteiger partial charge in [0.2, 0.25) is 0 Å². The first-order valence-corrected chi connectivity index (χ1v) is 8.07. The van der Waals surface area contributed by atoms with Crippen molar-refractivity contribution in [3.05, 3.63) is 64.1 Å². The highest BCUT2D eigenvalue weighted by Gasteiger charge is 2.30. The molecule has 0 atom stereocenters. The molecule has 0 aliphatic carbocycles. The highest BCUT2D eigenvalue weighted by atomic mass is 19.4. The predicted molar refractivity (Wildman–Crippen MR) is 93.8 cm³/mol. The van der Waals surface area contributed by atoms with Gasteiger partial charge in [0.25, 0.3) is 0 Å². The highest BCUT2D eigenvalue weighted by Crippen LogP contribution is 2.32. The minimum Gasteiger partial charge on any atom is -0.478 e. The molecule has 1 heterocycles. The summed E-state index contributed by atoms with van der Waals surface area (Å²) < 4.78 is 39.8. The molecule has 0 amide bonds. The Kier molecular flexibility index (Phi) is 4.51. The van der Waals surface area contributed by atoms with Crippen molar-refractivity contribution in [2.75, 3.05) is 0 Å². The van der Waals surface area contributed by atoms with Gasteiger partial charge in [0.05, 0.1) is 22.3 Å². The molecular formula is C19H15F3N2O3. The number of carbonyl (C=O) groups is 1. The lowest BCUT2D eigenvalue weighted by molar-refractivity contribution is -0.137. The van der Waals surface area contributed by atoms with Crippen LogP contribution in [0.2, 0.25) is 0 Å². The minimum atomic E-state index is -4.48. The third-order valence-corrected chi connectivity index (χ3v) is 4.17. The van der Waals surface area contributed by atoms with E-state index >= 15 is 0 Å². The van der Waals surface area contributed by atoms with Crippen LogP contribution in [0.25, 0.3) is 22.2 Å². The summed E-state index contributed by atoms with van der Waals surface area (Å²) >= 11 is 0. The monoisotopic (exact) mass is 376 g/mol. The number of benzene rings is 2. The molecule has 0 bridgehead atoms. The Hall–Kier alpha value is -3.16. The van der Waals surface area contributed by atoms with Crippen LogP contribution in [0.15, 0.2) is 47.3 Å². The van der Waals surface area contributed by atoms with Crippen molar-refractivity contribution in [3.63, 3.8) is 0 Å². The van der Waals surface area contributed by atoms with Crippen LogP contribution in [0.5, 0.6) is 0 Å². The van der Waals surface area contributed by atoms with E-state index in [2.05, 4.69) is 4.98 Å². The molecule has 0 unspecified atom stereocenters. The summed E-state index contributed by atoms with van der Waals surface area (Å²) in [4.78, 5) is 27.8. The summed E-state index contributed by atoms with van der Waals surface area (Å²) in [5.41, 5.74) is -0.489. The van der Waals surface area contributed by atoms with E-state index in [9.17, 15) is 27.9 Å². The second kappa shape index (κ2) is 6.53. The molecule has 3 aromatic rings. The molecule has 0 aliphatic rings. The Morgan fingerprint density at radius 2 is 1.74 bits per heavy atom. The van der Waals surface area contributed by atoms with Crippen LogP contribution in [0.3, 0.4) is 0 Å². The number of alkyl halides is 3. The topological polar surface area (TPSA) is 72.2 Å². The Morgan fingerprint density at radius 1 is 1.11 bits per heavy atom. The smallest absolute Gasteiger partial charge is 0.416 e. The van der Waals surface area contributed by atoms with Gasteiger partial charge in [-0.1, -0.05) is 12.1 Å². The van der Waals surface area contributed by atoms with Crippen molar-refractivity contribution < 1.29 is 23.1 Å². The predicted octanol–water partition coefficient (Wildman–Crippen LogP) is 4.36. The van der Waals surface area contributed by atoms with Gasteiger partial charge in [-0.3, -0.25) is 4.57 Å². The summed E-state index contributed by atoms with van der Waals surface area (Å²) in [6.07, 6.45) is -4.48. The van der Waals surface area contributed by atoms with Gasteiger partial charge in [0.15, 0.2) is 0 Å². The SMILES string of the molecule is CC(C)n1c(=O)nc(-c2ccc(C(F)(F)F)cc2)c2cc(C(=O)O)ccc21. The van der Waals surface area contributed by atoms with Crippen LogP contribution in [0, 0.1) is 0 Å². The Bertz CT molecular complexity index is 1080. The van der Waals surface area contributed by atoms with Gasteiger partial charge < -0.3 is 5.11 Å². The average molecular weight is 376 g/mol. The molecule has 0 radical (unpaired) electrons. The quantitative estimate of drug-likeness (QED) is 0.737. The standard InChI is InChI=1S/C19H15F3N2O3/c1-10(2)24-15-8-5-12(17(25)26)9-14(15)16(23-18(24)27)11-3-6-13(7-4-11)19(20,21)22/h3-10H,1-2H3,(H,25,26). The van der Waals surface area contributed by atoms with Gasteiger partial charge in [-0.25, -0.2) is 9.59 Å². The van der Waals surface area contributed by atoms with E-state index in [-0.39, 0.29) is 17.3 Å². The molecule has 2 aromatic carbocycles. The molecule has 5 nitrogen and oxygen atoms in total. The zero-order valence-electron chi connectivity index (χ0n) is 14.4. The molecule has 0 aliphatic heterocycles. The van der Waals surface area contributed by atoms with Crippen molar-refractivity contribution in [1.29, 1.82) is 0 Å². The largest absolute Gasteiger partial charge is 0.478 e. The number of aromatic carboxylic acids is 1. The number of fused-ring (bicyclic) bond motifs is 1. The molecule has 1 aromatic heterocycles. The summed E-state index contributed by atoms with van der Waals surface area (Å²) in [6.45, 7) is 3.57. The number of aromatic nitrogens is 2. The number of carboxylic acid groups (broad SMARTS) is 1. The second-order valence-electron chi connectivity index (χ2n) is 6.32. The lowest BCUT2D eigenvalue weighted by Crippen LogP contribution is -2.25. The molecule has 140 valence electrons. The average Bonchev–Trinajstić information content (AvgIpc) is 2.59. The van der Waals surface area contributed by atoms with Crippen LogP contribution in [0.4, 0.5) is 13.2 Å². The maximum atomic E-state index is 12.8. The highest BCUT2D eigenvalue weighted by molar-refractivity contribution is 5.98. The third-order valence-electron chi connectivity index (χ3n) is 4.17. The lowest BCUT2D eigenvalue weighted by Gasteiger charge is -2.16. The van der Waals surface area contributed by atoms with Crippen molar-refractivity contribution in [3.8, 4) is 11.3 Å². The van der Waals surface area contributed by atoms with Gasteiger partial charge in [-0.15, -0.1) is 0 Å². The number of carboxylic acids is 1. The van der Waals surface area contributed by atoms with Gasteiger partial charge >= 0.3 is 17.8 Å². The van der Waals surface area contributed by atoms with Crippen LogP contribution in [-0.4, -0.2) is 20.6 Å². The summed E-state index contributed by atoms with van der Waals surface area (Å²) in [7, 11) is 0. The van der Waals surface area contributed by atoms with Crippen molar-refractivity contribution >= 4 is 16.9 Å². The maximum absolute atomic E-state index is 12.8. The number of halogens is 3. The molecule has 8 heteroatoms. The fraction of sp³-hybridized carbons (Fsp3) is 0.211. The van der Waals surface area contributed by atoms with Crippen LogP contribution >= 0.6 is 0 Å². The van der Waals surface area contributed by atoms with Crippen LogP contribution in [0.1, 0.15) is 35.8 Å². The zero-order chi connectivity index (χ0) is 19.9. The van der Waals surface area contributed by atoms with Gasteiger partial charge in [0, 0.05) is 17.0 Å². The van der Waals surface area contributed by atoms with Crippen molar-refractivity contribution in [1.82, 2.24) is 9.55 Å². The summed E-state index contributed by atoms with van der Waals surface area (Å²) in [5.74, 6) is -1.16.